The first-order chi connectivity index (χ1) is 11.2. The fourth-order valence-electron chi connectivity index (χ4n) is 3.15. The lowest BCUT2D eigenvalue weighted by molar-refractivity contribution is -0.132. The molecule has 1 N–H and O–H groups in total. The predicted molar refractivity (Wildman–Crippen MR) is 91.4 cm³/mol. The lowest BCUT2D eigenvalue weighted by atomic mass is 9.92. The third-order valence-corrected chi connectivity index (χ3v) is 4.82. The van der Waals surface area contributed by atoms with Crippen molar-refractivity contribution < 1.29 is 4.79 Å². The van der Waals surface area contributed by atoms with Gasteiger partial charge in [0.15, 0.2) is 0 Å². The molecule has 1 aliphatic rings. The molecule has 0 bridgehead atoms. The monoisotopic (exact) mass is 331 g/mol. The van der Waals surface area contributed by atoms with Gasteiger partial charge in [-0.25, -0.2) is 4.98 Å². The summed E-state index contributed by atoms with van der Waals surface area (Å²) in [6.45, 7) is 1.75. The van der Waals surface area contributed by atoms with Crippen LogP contribution in [0.4, 0.5) is 0 Å². The first-order valence-corrected chi connectivity index (χ1v) is 8.58. The summed E-state index contributed by atoms with van der Waals surface area (Å²) in [6.07, 6.45) is 8.16. The highest BCUT2D eigenvalue weighted by Crippen LogP contribution is 2.21. The van der Waals surface area contributed by atoms with Crippen LogP contribution >= 0.6 is 11.6 Å². The quantitative estimate of drug-likeness (QED) is 0.912. The van der Waals surface area contributed by atoms with Crippen LogP contribution in [-0.2, 0) is 17.6 Å². The minimum absolute atomic E-state index is 0.264. The molecule has 0 atom stereocenters. The summed E-state index contributed by atoms with van der Waals surface area (Å²) < 4.78 is 0. The van der Waals surface area contributed by atoms with Crippen molar-refractivity contribution >= 4 is 17.5 Å². The maximum Gasteiger partial charge on any atom is 0.222 e. The van der Waals surface area contributed by atoms with E-state index in [1.165, 1.54) is 5.69 Å². The molecule has 4 nitrogen and oxygen atoms in total. The second kappa shape index (κ2) is 7.64. The number of carbonyl (C=O) groups is 1. The van der Waals surface area contributed by atoms with Crippen LogP contribution in [-0.4, -0.2) is 33.9 Å². The van der Waals surface area contributed by atoms with E-state index in [-0.39, 0.29) is 5.91 Å². The second-order valence-electron chi connectivity index (χ2n) is 6.23. The van der Waals surface area contributed by atoms with E-state index >= 15 is 0 Å². The zero-order valence-corrected chi connectivity index (χ0v) is 13.9. The van der Waals surface area contributed by atoms with Crippen molar-refractivity contribution in [1.29, 1.82) is 0 Å². The summed E-state index contributed by atoms with van der Waals surface area (Å²) in [4.78, 5) is 21.6. The van der Waals surface area contributed by atoms with Crippen molar-refractivity contribution in [1.82, 2.24) is 14.9 Å². The van der Waals surface area contributed by atoms with Gasteiger partial charge in [-0.1, -0.05) is 23.7 Å². The van der Waals surface area contributed by atoms with E-state index in [1.54, 1.807) is 6.33 Å². The minimum atomic E-state index is 0.264. The Balaban J connectivity index is 1.42. The highest BCUT2D eigenvalue weighted by atomic mass is 35.5. The van der Waals surface area contributed by atoms with Crippen molar-refractivity contribution in [2.75, 3.05) is 13.1 Å². The van der Waals surface area contributed by atoms with E-state index in [9.17, 15) is 4.79 Å². The van der Waals surface area contributed by atoms with Crippen molar-refractivity contribution in [3.63, 3.8) is 0 Å². The molecule has 1 aromatic heterocycles. The zero-order chi connectivity index (χ0) is 16.1. The number of carbonyl (C=O) groups excluding carboxylic acids is 1. The Bertz CT molecular complexity index is 616. The number of aromatic nitrogens is 2. The molecule has 23 heavy (non-hydrogen) atoms. The number of hydrogen-bond acceptors (Lipinski definition) is 2. The van der Waals surface area contributed by atoms with Crippen LogP contribution in [0.3, 0.4) is 0 Å². The molecule has 0 saturated carbocycles. The van der Waals surface area contributed by atoms with E-state index in [0.29, 0.717) is 12.3 Å². The van der Waals surface area contributed by atoms with Gasteiger partial charge in [-0.05, 0) is 49.3 Å². The van der Waals surface area contributed by atoms with E-state index < -0.39 is 0 Å². The first kappa shape index (κ1) is 16.1. The fourth-order valence-corrected chi connectivity index (χ4v) is 3.28. The lowest BCUT2D eigenvalue weighted by Gasteiger charge is -2.32. The molecule has 1 saturated heterocycles. The number of piperidine rings is 1. The van der Waals surface area contributed by atoms with E-state index in [0.717, 1.165) is 49.4 Å². The molecule has 3 rings (SSSR count). The fraction of sp³-hybridized carbons (Fsp3) is 0.444. The SMILES string of the molecule is O=C(CCc1ccc(Cl)cc1)N1CCC(Cc2cnc[nH]2)CC1. The van der Waals surface area contributed by atoms with Crippen molar-refractivity contribution in [2.24, 2.45) is 5.92 Å². The Morgan fingerprint density at radius 3 is 2.65 bits per heavy atom. The van der Waals surface area contributed by atoms with Gasteiger partial charge in [0.05, 0.1) is 6.33 Å². The molecule has 0 radical (unpaired) electrons. The van der Waals surface area contributed by atoms with Crippen molar-refractivity contribution in [3.05, 3.63) is 53.1 Å². The number of H-pyrrole nitrogens is 1. The number of benzene rings is 1. The number of aromatic amines is 1. The van der Waals surface area contributed by atoms with Gasteiger partial charge in [-0.3, -0.25) is 4.79 Å². The number of rotatable bonds is 5. The summed E-state index contributed by atoms with van der Waals surface area (Å²) in [7, 11) is 0. The minimum Gasteiger partial charge on any atom is -0.348 e. The van der Waals surface area contributed by atoms with Gasteiger partial charge in [-0.15, -0.1) is 0 Å². The molecule has 2 heterocycles. The van der Waals surface area contributed by atoms with Crippen LogP contribution in [0.25, 0.3) is 0 Å². The number of imidazole rings is 1. The average Bonchev–Trinajstić information content (AvgIpc) is 3.08. The summed E-state index contributed by atoms with van der Waals surface area (Å²) in [5.74, 6) is 0.913. The molecule has 0 unspecified atom stereocenters. The molecule has 5 heteroatoms. The topological polar surface area (TPSA) is 49.0 Å². The zero-order valence-electron chi connectivity index (χ0n) is 13.2. The van der Waals surface area contributed by atoms with Gasteiger partial charge >= 0.3 is 0 Å². The van der Waals surface area contributed by atoms with Crippen LogP contribution in [0.2, 0.25) is 5.02 Å². The third-order valence-electron chi connectivity index (χ3n) is 4.57. The highest BCUT2D eigenvalue weighted by Gasteiger charge is 2.22. The normalized spacial score (nSPS) is 15.8. The standard InChI is InChI=1S/C18H22ClN3O/c19-16-4-1-14(2-5-16)3-6-18(23)22-9-7-15(8-10-22)11-17-12-20-13-21-17/h1-2,4-5,12-13,15H,3,6-11H2,(H,20,21). The third kappa shape index (κ3) is 4.58. The lowest BCUT2D eigenvalue weighted by Crippen LogP contribution is -2.39. The van der Waals surface area contributed by atoms with Crippen LogP contribution in [0.1, 0.15) is 30.5 Å². The Morgan fingerprint density at radius 2 is 2.00 bits per heavy atom. The number of hydrogen-bond donors (Lipinski definition) is 1. The Hall–Kier alpha value is -1.81. The Labute approximate surface area is 141 Å². The largest absolute Gasteiger partial charge is 0.348 e. The second-order valence-corrected chi connectivity index (χ2v) is 6.67. The van der Waals surface area contributed by atoms with Crippen molar-refractivity contribution in [3.8, 4) is 0 Å². The summed E-state index contributed by atoms with van der Waals surface area (Å²) >= 11 is 5.88. The van der Waals surface area contributed by atoms with E-state index in [1.807, 2.05) is 35.4 Å². The molecule has 1 aromatic carbocycles. The number of halogens is 1. The van der Waals surface area contributed by atoms with Gasteiger partial charge < -0.3 is 9.88 Å². The number of aryl methyl sites for hydroxylation is 1. The molecule has 1 aliphatic heterocycles. The summed E-state index contributed by atoms with van der Waals surface area (Å²) in [5.41, 5.74) is 2.36. The molecule has 0 spiro atoms. The number of nitrogens with zero attached hydrogens (tertiary/aromatic N) is 2. The number of likely N-dealkylation sites (tertiary alicyclic amines) is 1. The number of nitrogens with one attached hydrogen (secondary N) is 1. The van der Waals surface area contributed by atoms with Gasteiger partial charge in [0.1, 0.15) is 0 Å². The molecular weight excluding hydrogens is 310 g/mol. The van der Waals surface area contributed by atoms with Gasteiger partial charge in [0.25, 0.3) is 0 Å². The van der Waals surface area contributed by atoms with E-state index in [4.69, 9.17) is 11.6 Å². The van der Waals surface area contributed by atoms with Crippen LogP contribution < -0.4 is 0 Å². The van der Waals surface area contributed by atoms with Gasteiger partial charge in [-0.2, -0.15) is 0 Å². The van der Waals surface area contributed by atoms with Gasteiger partial charge in [0, 0.05) is 36.4 Å². The molecule has 1 fully saturated rings. The Kier molecular flexibility index (Phi) is 5.34. The molecule has 122 valence electrons. The molecule has 2 aromatic rings. The summed E-state index contributed by atoms with van der Waals surface area (Å²) in [6, 6.07) is 7.74. The highest BCUT2D eigenvalue weighted by molar-refractivity contribution is 6.30. The molecule has 1 amide bonds. The smallest absolute Gasteiger partial charge is 0.222 e. The van der Waals surface area contributed by atoms with E-state index in [2.05, 4.69) is 9.97 Å². The first-order valence-electron chi connectivity index (χ1n) is 8.20. The van der Waals surface area contributed by atoms with Crippen LogP contribution in [0.5, 0.6) is 0 Å². The van der Waals surface area contributed by atoms with Crippen molar-refractivity contribution in [2.45, 2.75) is 32.1 Å². The van der Waals surface area contributed by atoms with Gasteiger partial charge in [0.2, 0.25) is 5.91 Å². The van der Waals surface area contributed by atoms with Crippen LogP contribution in [0.15, 0.2) is 36.8 Å². The van der Waals surface area contributed by atoms with Crippen LogP contribution in [0, 0.1) is 5.92 Å². The summed E-state index contributed by atoms with van der Waals surface area (Å²) in [5, 5.41) is 0.736. The predicted octanol–water partition coefficient (Wildman–Crippen LogP) is 3.48. The average molecular weight is 332 g/mol. The maximum absolute atomic E-state index is 12.3. The number of amides is 1. The molecular formula is C18H22ClN3O. The molecule has 0 aliphatic carbocycles. The Morgan fingerprint density at radius 1 is 1.26 bits per heavy atom. The maximum atomic E-state index is 12.3.